The van der Waals surface area contributed by atoms with E-state index in [0.717, 1.165) is 5.56 Å². The summed E-state index contributed by atoms with van der Waals surface area (Å²) in [5.41, 5.74) is 2.51. The fraction of sp³-hybridized carbons (Fsp3) is 0.346. The number of carbonyl (C=O) groups excluding carboxylic acids is 2. The van der Waals surface area contributed by atoms with Gasteiger partial charge in [0.25, 0.3) is 11.5 Å². The van der Waals surface area contributed by atoms with E-state index in [1.165, 1.54) is 11.8 Å². The number of benzene rings is 2. The molecule has 0 unspecified atom stereocenters. The monoisotopic (exact) mass is 491 g/mol. The average Bonchev–Trinajstić information content (AvgIpc) is 3.23. The smallest absolute Gasteiger partial charge is 0.262 e. The molecule has 0 aliphatic rings. The van der Waals surface area contributed by atoms with Gasteiger partial charge in [0, 0.05) is 23.7 Å². The van der Waals surface area contributed by atoms with Crippen molar-refractivity contribution in [3.63, 3.8) is 0 Å². The van der Waals surface area contributed by atoms with Gasteiger partial charge in [0.2, 0.25) is 5.78 Å². The van der Waals surface area contributed by atoms with Crippen molar-refractivity contribution in [2.24, 2.45) is 5.92 Å². The minimum Gasteiger partial charge on any atom is -0.350 e. The highest BCUT2D eigenvalue weighted by molar-refractivity contribution is 7.99. The van der Waals surface area contributed by atoms with Crippen LogP contribution in [0.15, 0.2) is 52.4 Å². The third-order valence-electron chi connectivity index (χ3n) is 5.51. The summed E-state index contributed by atoms with van der Waals surface area (Å²) in [4.78, 5) is 38.8. The Bertz CT molecular complexity index is 1470. The maximum absolute atomic E-state index is 13.3. The zero-order chi connectivity index (χ0) is 25.3. The number of thioether (sulfide) groups is 1. The van der Waals surface area contributed by atoms with Gasteiger partial charge in [-0.1, -0.05) is 55.4 Å². The summed E-state index contributed by atoms with van der Waals surface area (Å²) >= 11 is 1.26. The molecule has 2 aromatic heterocycles. The molecule has 182 valence electrons. The fourth-order valence-corrected chi connectivity index (χ4v) is 4.68. The predicted octanol–water partition coefficient (Wildman–Crippen LogP) is 4.12. The van der Waals surface area contributed by atoms with Gasteiger partial charge in [0.15, 0.2) is 10.9 Å². The lowest BCUT2D eigenvalue weighted by Gasteiger charge is -2.14. The molecule has 0 saturated heterocycles. The van der Waals surface area contributed by atoms with Crippen LogP contribution in [-0.2, 0) is 6.54 Å². The number of nitrogens with zero attached hydrogens (tertiary/aromatic N) is 4. The summed E-state index contributed by atoms with van der Waals surface area (Å²) in [6, 6.07) is 12.4. The molecule has 0 bridgehead atoms. The minimum atomic E-state index is -0.224. The highest BCUT2D eigenvalue weighted by atomic mass is 32.2. The zero-order valence-corrected chi connectivity index (χ0v) is 21.3. The van der Waals surface area contributed by atoms with E-state index in [4.69, 9.17) is 0 Å². The Morgan fingerprint density at radius 3 is 2.34 bits per heavy atom. The van der Waals surface area contributed by atoms with Crippen molar-refractivity contribution < 1.29 is 9.59 Å². The lowest BCUT2D eigenvalue weighted by Crippen LogP contribution is -2.30. The Morgan fingerprint density at radius 2 is 1.69 bits per heavy atom. The van der Waals surface area contributed by atoms with Crippen LogP contribution in [-0.4, -0.2) is 42.7 Å². The molecule has 0 aliphatic carbocycles. The number of ketones is 1. The zero-order valence-electron chi connectivity index (χ0n) is 20.5. The van der Waals surface area contributed by atoms with Gasteiger partial charge in [-0.3, -0.25) is 23.4 Å². The summed E-state index contributed by atoms with van der Waals surface area (Å²) in [5.74, 6) is 0.521. The van der Waals surface area contributed by atoms with Crippen LogP contribution in [0, 0.1) is 12.8 Å². The van der Waals surface area contributed by atoms with Crippen LogP contribution < -0.4 is 10.9 Å². The Labute approximate surface area is 207 Å². The standard InChI is InChI=1S/C26H29N5O3S/c1-15(2)13-30-24(34)20-11-10-19(23(33)27-16(3)4)12-21(20)31-25(30)28-29-26(31)35-14-22(32)18-8-6-17(5)7-9-18/h6-12,15-16H,13-14H2,1-5H3,(H,27,33). The Balaban J connectivity index is 1.82. The van der Waals surface area contributed by atoms with Crippen LogP contribution in [0.25, 0.3) is 16.7 Å². The second kappa shape index (κ2) is 10.0. The van der Waals surface area contributed by atoms with E-state index in [2.05, 4.69) is 15.5 Å². The first kappa shape index (κ1) is 24.7. The first-order valence-electron chi connectivity index (χ1n) is 11.6. The molecule has 0 aliphatic heterocycles. The SMILES string of the molecule is Cc1ccc(C(=O)CSc2nnc3n(CC(C)C)c(=O)c4ccc(C(=O)NC(C)C)cc4n23)cc1. The van der Waals surface area contributed by atoms with Crippen LogP contribution in [0.4, 0.5) is 0 Å². The van der Waals surface area contributed by atoms with E-state index in [0.29, 0.717) is 39.5 Å². The van der Waals surface area contributed by atoms with Gasteiger partial charge in [0.1, 0.15) is 0 Å². The Kier molecular flexibility index (Phi) is 7.07. The number of aryl methyl sites for hydroxylation is 1. The van der Waals surface area contributed by atoms with Crippen LogP contribution >= 0.6 is 11.8 Å². The van der Waals surface area contributed by atoms with Gasteiger partial charge in [-0.15, -0.1) is 10.2 Å². The van der Waals surface area contributed by atoms with Crippen LogP contribution in [0.5, 0.6) is 0 Å². The molecule has 8 nitrogen and oxygen atoms in total. The lowest BCUT2D eigenvalue weighted by atomic mass is 10.1. The molecule has 35 heavy (non-hydrogen) atoms. The number of rotatable bonds is 8. The van der Waals surface area contributed by atoms with E-state index in [1.807, 2.05) is 58.9 Å². The summed E-state index contributed by atoms with van der Waals surface area (Å²) in [7, 11) is 0. The topological polar surface area (TPSA) is 98.4 Å². The van der Waals surface area contributed by atoms with Crippen molar-refractivity contribution in [2.45, 2.75) is 52.4 Å². The summed E-state index contributed by atoms with van der Waals surface area (Å²) in [6.07, 6.45) is 0. The molecule has 1 N–H and O–H groups in total. The van der Waals surface area contributed by atoms with Gasteiger partial charge in [-0.05, 0) is 44.9 Å². The van der Waals surface area contributed by atoms with Crippen molar-refractivity contribution in [1.29, 1.82) is 0 Å². The van der Waals surface area contributed by atoms with Gasteiger partial charge in [-0.25, -0.2) is 0 Å². The fourth-order valence-electron chi connectivity index (χ4n) is 3.84. The number of Topliss-reactive ketones (excluding diaryl/α,β-unsaturated/α-hetero) is 1. The lowest BCUT2D eigenvalue weighted by molar-refractivity contribution is 0.0942. The van der Waals surface area contributed by atoms with Crippen molar-refractivity contribution in [3.05, 3.63) is 69.5 Å². The molecule has 0 fully saturated rings. The van der Waals surface area contributed by atoms with Gasteiger partial charge in [-0.2, -0.15) is 0 Å². The molecular formula is C26H29N5O3S. The number of amides is 1. The predicted molar refractivity (Wildman–Crippen MR) is 138 cm³/mol. The van der Waals surface area contributed by atoms with Crippen molar-refractivity contribution in [3.8, 4) is 0 Å². The first-order chi connectivity index (χ1) is 16.7. The average molecular weight is 492 g/mol. The number of nitrogens with one attached hydrogen (secondary N) is 1. The van der Waals surface area contributed by atoms with Crippen molar-refractivity contribution in [2.75, 3.05) is 5.75 Å². The molecule has 9 heteroatoms. The van der Waals surface area contributed by atoms with E-state index in [-0.39, 0.29) is 35.0 Å². The molecule has 0 atom stereocenters. The largest absolute Gasteiger partial charge is 0.350 e. The van der Waals surface area contributed by atoms with Crippen LogP contribution in [0.3, 0.4) is 0 Å². The van der Waals surface area contributed by atoms with Crippen LogP contribution in [0.1, 0.15) is 54.0 Å². The van der Waals surface area contributed by atoms with Gasteiger partial charge in [0.05, 0.1) is 16.7 Å². The second-order valence-corrected chi connectivity index (χ2v) is 10.3. The number of aromatic nitrogens is 4. The quantitative estimate of drug-likeness (QED) is 0.294. The summed E-state index contributed by atoms with van der Waals surface area (Å²) < 4.78 is 3.39. The normalized spacial score (nSPS) is 11.6. The number of hydrogen-bond donors (Lipinski definition) is 1. The summed E-state index contributed by atoms with van der Waals surface area (Å²) in [5, 5.41) is 12.5. The van der Waals surface area contributed by atoms with Crippen molar-refractivity contribution >= 4 is 40.1 Å². The maximum atomic E-state index is 13.3. The molecule has 4 rings (SSSR count). The molecule has 4 aromatic rings. The molecule has 0 radical (unpaired) electrons. The molecule has 2 heterocycles. The molecule has 0 spiro atoms. The maximum Gasteiger partial charge on any atom is 0.262 e. The van der Waals surface area contributed by atoms with E-state index in [1.54, 1.807) is 27.2 Å². The molecule has 2 aromatic carbocycles. The number of carbonyl (C=O) groups is 2. The molecular weight excluding hydrogens is 462 g/mol. The third-order valence-corrected chi connectivity index (χ3v) is 6.44. The third kappa shape index (κ3) is 5.14. The van der Waals surface area contributed by atoms with Crippen LogP contribution in [0.2, 0.25) is 0 Å². The van der Waals surface area contributed by atoms with E-state index < -0.39 is 0 Å². The van der Waals surface area contributed by atoms with E-state index >= 15 is 0 Å². The summed E-state index contributed by atoms with van der Waals surface area (Å²) in [6.45, 7) is 10.3. The second-order valence-electron chi connectivity index (χ2n) is 9.37. The van der Waals surface area contributed by atoms with Gasteiger partial charge < -0.3 is 5.32 Å². The molecule has 1 amide bonds. The highest BCUT2D eigenvalue weighted by Crippen LogP contribution is 2.24. The Hall–Kier alpha value is -3.46. The Morgan fingerprint density at radius 1 is 1.00 bits per heavy atom. The van der Waals surface area contributed by atoms with Gasteiger partial charge >= 0.3 is 0 Å². The van der Waals surface area contributed by atoms with Crippen molar-refractivity contribution in [1.82, 2.24) is 24.5 Å². The highest BCUT2D eigenvalue weighted by Gasteiger charge is 2.20. The minimum absolute atomic E-state index is 0.0222. The molecule has 0 saturated carbocycles. The number of fused-ring (bicyclic) bond motifs is 3. The number of hydrogen-bond acceptors (Lipinski definition) is 6. The van der Waals surface area contributed by atoms with E-state index in [9.17, 15) is 14.4 Å². The first-order valence-corrected chi connectivity index (χ1v) is 12.6.